The first-order valence-electron chi connectivity index (χ1n) is 8.44. The Kier molecular flexibility index (Phi) is 3.60. The van der Waals surface area contributed by atoms with Gasteiger partial charge in [0.2, 0.25) is 11.8 Å². The van der Waals surface area contributed by atoms with E-state index in [9.17, 15) is 9.59 Å². The number of ether oxygens (including phenoxy) is 1. The fourth-order valence-electron chi connectivity index (χ4n) is 3.69. The van der Waals surface area contributed by atoms with E-state index in [1.165, 1.54) is 11.1 Å². The number of hydrogen-bond acceptors (Lipinski definition) is 3. The Labute approximate surface area is 136 Å². The first kappa shape index (κ1) is 14.7. The summed E-state index contributed by atoms with van der Waals surface area (Å²) in [5, 5.41) is 0. The molecule has 122 valence electrons. The molecule has 0 atom stereocenters. The SMILES string of the molecule is O=C(N1CCOCC1)C1(C(=O)N2CCc3ccccc3C2)CC1. The first-order chi connectivity index (χ1) is 11.2. The molecule has 1 aromatic rings. The number of morpholine rings is 1. The Morgan fingerprint density at radius 2 is 1.57 bits per heavy atom. The van der Waals surface area contributed by atoms with Crippen molar-refractivity contribution >= 4 is 11.8 Å². The lowest BCUT2D eigenvalue weighted by Gasteiger charge is -2.34. The van der Waals surface area contributed by atoms with Crippen LogP contribution in [0.5, 0.6) is 0 Å². The van der Waals surface area contributed by atoms with E-state index in [2.05, 4.69) is 12.1 Å². The van der Waals surface area contributed by atoms with E-state index in [1.54, 1.807) is 0 Å². The molecule has 1 aliphatic carbocycles. The van der Waals surface area contributed by atoms with Crippen molar-refractivity contribution in [2.24, 2.45) is 5.41 Å². The van der Waals surface area contributed by atoms with Gasteiger partial charge in [0.05, 0.1) is 13.2 Å². The minimum atomic E-state index is -0.774. The summed E-state index contributed by atoms with van der Waals surface area (Å²) in [5.41, 5.74) is 1.76. The van der Waals surface area contributed by atoms with Crippen molar-refractivity contribution in [3.05, 3.63) is 35.4 Å². The monoisotopic (exact) mass is 314 g/mol. The number of rotatable bonds is 2. The maximum Gasteiger partial charge on any atom is 0.238 e. The van der Waals surface area contributed by atoms with Crippen molar-refractivity contribution in [2.75, 3.05) is 32.8 Å². The molecular weight excluding hydrogens is 292 g/mol. The molecule has 5 heteroatoms. The zero-order valence-electron chi connectivity index (χ0n) is 13.3. The Balaban J connectivity index is 1.49. The molecule has 4 rings (SSSR count). The molecule has 0 N–H and O–H groups in total. The van der Waals surface area contributed by atoms with Crippen LogP contribution in [0.4, 0.5) is 0 Å². The zero-order chi connectivity index (χ0) is 15.9. The van der Waals surface area contributed by atoms with Crippen LogP contribution in [0.2, 0.25) is 0 Å². The highest BCUT2D eigenvalue weighted by Gasteiger charge is 2.59. The van der Waals surface area contributed by atoms with Gasteiger partial charge in [-0.05, 0) is 30.4 Å². The second kappa shape index (κ2) is 5.64. The van der Waals surface area contributed by atoms with Gasteiger partial charge in [-0.1, -0.05) is 24.3 Å². The lowest BCUT2D eigenvalue weighted by atomic mass is 9.96. The fraction of sp³-hybridized carbons (Fsp3) is 0.556. The molecule has 1 saturated heterocycles. The highest BCUT2D eigenvalue weighted by molar-refractivity contribution is 6.07. The predicted molar refractivity (Wildman–Crippen MR) is 84.6 cm³/mol. The molecule has 0 spiro atoms. The van der Waals surface area contributed by atoms with E-state index in [0.29, 0.717) is 52.2 Å². The summed E-state index contributed by atoms with van der Waals surface area (Å²) < 4.78 is 5.31. The van der Waals surface area contributed by atoms with Crippen molar-refractivity contribution in [1.82, 2.24) is 9.80 Å². The Morgan fingerprint density at radius 3 is 2.26 bits per heavy atom. The third-order valence-electron chi connectivity index (χ3n) is 5.28. The van der Waals surface area contributed by atoms with E-state index < -0.39 is 5.41 Å². The van der Waals surface area contributed by atoms with Gasteiger partial charge >= 0.3 is 0 Å². The summed E-state index contributed by atoms with van der Waals surface area (Å²) in [6.45, 7) is 3.72. The average molecular weight is 314 g/mol. The molecule has 5 nitrogen and oxygen atoms in total. The molecule has 0 radical (unpaired) electrons. The van der Waals surface area contributed by atoms with Gasteiger partial charge in [0.1, 0.15) is 5.41 Å². The van der Waals surface area contributed by atoms with Gasteiger partial charge in [0.15, 0.2) is 0 Å². The Morgan fingerprint density at radius 1 is 0.913 bits per heavy atom. The van der Waals surface area contributed by atoms with Gasteiger partial charge in [-0.2, -0.15) is 0 Å². The molecule has 2 amide bonds. The third-order valence-corrected chi connectivity index (χ3v) is 5.28. The number of nitrogens with zero attached hydrogens (tertiary/aromatic N) is 2. The largest absolute Gasteiger partial charge is 0.378 e. The second-order valence-corrected chi connectivity index (χ2v) is 6.73. The minimum absolute atomic E-state index is 0.0182. The molecule has 2 aliphatic heterocycles. The number of amides is 2. The molecule has 2 fully saturated rings. The van der Waals surface area contributed by atoms with Crippen molar-refractivity contribution < 1.29 is 14.3 Å². The summed E-state index contributed by atoms with van der Waals surface area (Å²) in [5.74, 6) is 0.0492. The van der Waals surface area contributed by atoms with E-state index in [-0.39, 0.29) is 11.8 Å². The average Bonchev–Trinajstić information content (AvgIpc) is 3.42. The van der Waals surface area contributed by atoms with E-state index in [4.69, 9.17) is 4.74 Å². The standard InChI is InChI=1S/C18H22N2O3/c21-16(19-9-11-23-12-10-19)18(6-7-18)17(22)20-8-5-14-3-1-2-4-15(14)13-20/h1-4H,5-13H2. The number of carbonyl (C=O) groups is 2. The van der Waals surface area contributed by atoms with Crippen LogP contribution in [0, 0.1) is 5.41 Å². The summed E-state index contributed by atoms with van der Waals surface area (Å²) in [7, 11) is 0. The Hall–Kier alpha value is -1.88. The Bertz CT molecular complexity index is 633. The quantitative estimate of drug-likeness (QED) is 0.771. The summed E-state index contributed by atoms with van der Waals surface area (Å²) in [4.78, 5) is 29.6. The maximum absolute atomic E-state index is 13.0. The molecule has 0 unspecified atom stereocenters. The zero-order valence-corrected chi connectivity index (χ0v) is 13.3. The van der Waals surface area contributed by atoms with Crippen LogP contribution in [-0.2, 0) is 27.3 Å². The van der Waals surface area contributed by atoms with Gasteiger partial charge in [0.25, 0.3) is 0 Å². The minimum Gasteiger partial charge on any atom is -0.378 e. The normalized spacial score (nSPS) is 22.4. The second-order valence-electron chi connectivity index (χ2n) is 6.73. The van der Waals surface area contributed by atoms with Crippen LogP contribution in [0.25, 0.3) is 0 Å². The number of hydrogen-bond donors (Lipinski definition) is 0. The third kappa shape index (κ3) is 2.53. The van der Waals surface area contributed by atoms with Gasteiger partial charge < -0.3 is 14.5 Å². The first-order valence-corrected chi connectivity index (χ1v) is 8.44. The summed E-state index contributed by atoms with van der Waals surface area (Å²) in [6.07, 6.45) is 2.27. The summed E-state index contributed by atoms with van der Waals surface area (Å²) >= 11 is 0. The van der Waals surface area contributed by atoms with Crippen LogP contribution in [-0.4, -0.2) is 54.5 Å². The van der Waals surface area contributed by atoms with Crippen LogP contribution in [0.15, 0.2) is 24.3 Å². The van der Waals surface area contributed by atoms with Gasteiger partial charge in [-0.3, -0.25) is 9.59 Å². The van der Waals surface area contributed by atoms with E-state index in [0.717, 1.165) is 6.42 Å². The molecule has 0 bridgehead atoms. The molecule has 3 aliphatic rings. The molecule has 1 aromatic carbocycles. The molecule has 2 heterocycles. The molecule has 23 heavy (non-hydrogen) atoms. The van der Waals surface area contributed by atoms with Gasteiger partial charge in [-0.15, -0.1) is 0 Å². The lowest BCUT2D eigenvalue weighted by Crippen LogP contribution is -2.50. The molecule has 0 aromatic heterocycles. The number of benzene rings is 1. The van der Waals surface area contributed by atoms with Crippen molar-refractivity contribution in [1.29, 1.82) is 0 Å². The summed E-state index contributed by atoms with van der Waals surface area (Å²) in [6, 6.07) is 8.26. The lowest BCUT2D eigenvalue weighted by molar-refractivity contribution is -0.152. The van der Waals surface area contributed by atoms with Crippen LogP contribution in [0.1, 0.15) is 24.0 Å². The topological polar surface area (TPSA) is 49.9 Å². The molecule has 1 saturated carbocycles. The number of fused-ring (bicyclic) bond motifs is 1. The van der Waals surface area contributed by atoms with Crippen molar-refractivity contribution in [3.63, 3.8) is 0 Å². The van der Waals surface area contributed by atoms with Crippen LogP contribution >= 0.6 is 0 Å². The van der Waals surface area contributed by atoms with Crippen LogP contribution < -0.4 is 0 Å². The maximum atomic E-state index is 13.0. The van der Waals surface area contributed by atoms with Gasteiger partial charge in [0, 0.05) is 26.2 Å². The molecular formula is C18H22N2O3. The van der Waals surface area contributed by atoms with Crippen LogP contribution in [0.3, 0.4) is 0 Å². The van der Waals surface area contributed by atoms with Gasteiger partial charge in [-0.25, -0.2) is 0 Å². The van der Waals surface area contributed by atoms with Crippen molar-refractivity contribution in [3.8, 4) is 0 Å². The van der Waals surface area contributed by atoms with E-state index >= 15 is 0 Å². The van der Waals surface area contributed by atoms with E-state index in [1.807, 2.05) is 21.9 Å². The number of carbonyl (C=O) groups excluding carboxylic acids is 2. The predicted octanol–water partition coefficient (Wildman–Crippen LogP) is 1.21. The smallest absolute Gasteiger partial charge is 0.238 e. The highest BCUT2D eigenvalue weighted by atomic mass is 16.5. The highest BCUT2D eigenvalue weighted by Crippen LogP contribution is 2.49. The van der Waals surface area contributed by atoms with Crippen molar-refractivity contribution in [2.45, 2.75) is 25.8 Å². The fourth-order valence-corrected chi connectivity index (χ4v) is 3.69.